The van der Waals surface area contributed by atoms with Crippen LogP contribution in [0.15, 0.2) is 30.3 Å². The number of piperazine rings is 1. The van der Waals surface area contributed by atoms with Gasteiger partial charge in [-0.1, -0.05) is 30.3 Å². The zero-order chi connectivity index (χ0) is 15.9. The fraction of sp³-hybridized carbons (Fsp3) is 0.611. The SMILES string of the molecule is Cl.Cl.O=C(CN1CCN(Cc2ccccc2)CC1)NC1CCCNC1. The van der Waals surface area contributed by atoms with E-state index in [9.17, 15) is 4.79 Å². The molecule has 1 aromatic rings. The molecule has 2 aliphatic heterocycles. The molecule has 2 heterocycles. The quantitative estimate of drug-likeness (QED) is 0.802. The lowest BCUT2D eigenvalue weighted by molar-refractivity contribution is -0.123. The number of hydrogen-bond acceptors (Lipinski definition) is 4. The Morgan fingerprint density at radius 1 is 1.08 bits per heavy atom. The molecule has 3 rings (SSSR count). The third-order valence-corrected chi connectivity index (χ3v) is 4.74. The number of carbonyl (C=O) groups is 1. The Hall–Kier alpha value is -0.850. The largest absolute Gasteiger partial charge is 0.351 e. The van der Waals surface area contributed by atoms with Crippen molar-refractivity contribution in [1.29, 1.82) is 0 Å². The first kappa shape index (κ1) is 22.2. The first-order chi connectivity index (χ1) is 11.3. The number of nitrogens with one attached hydrogen (secondary N) is 2. The Kier molecular flexibility index (Phi) is 10.4. The molecule has 0 radical (unpaired) electrons. The summed E-state index contributed by atoms with van der Waals surface area (Å²) in [4.78, 5) is 16.9. The molecule has 2 aliphatic rings. The minimum absolute atomic E-state index is 0. The van der Waals surface area contributed by atoms with E-state index < -0.39 is 0 Å². The van der Waals surface area contributed by atoms with Gasteiger partial charge in [0.1, 0.15) is 0 Å². The lowest BCUT2D eigenvalue weighted by Crippen LogP contribution is -2.52. The molecule has 2 saturated heterocycles. The molecular formula is C18H30Cl2N4O. The number of amides is 1. The molecule has 2 N–H and O–H groups in total. The summed E-state index contributed by atoms with van der Waals surface area (Å²) in [5.41, 5.74) is 1.36. The number of benzene rings is 1. The highest BCUT2D eigenvalue weighted by atomic mass is 35.5. The van der Waals surface area contributed by atoms with Gasteiger partial charge in [-0.15, -0.1) is 24.8 Å². The smallest absolute Gasteiger partial charge is 0.234 e. The van der Waals surface area contributed by atoms with Gasteiger partial charge in [0.2, 0.25) is 5.91 Å². The maximum absolute atomic E-state index is 12.2. The number of carbonyl (C=O) groups excluding carboxylic acids is 1. The Morgan fingerprint density at radius 2 is 1.76 bits per heavy atom. The molecule has 2 fully saturated rings. The summed E-state index contributed by atoms with van der Waals surface area (Å²) >= 11 is 0. The molecule has 0 aliphatic carbocycles. The minimum Gasteiger partial charge on any atom is -0.351 e. The Morgan fingerprint density at radius 3 is 2.40 bits per heavy atom. The average molecular weight is 389 g/mol. The predicted octanol–water partition coefficient (Wildman–Crippen LogP) is 1.52. The van der Waals surface area contributed by atoms with Crippen LogP contribution in [0.1, 0.15) is 18.4 Å². The van der Waals surface area contributed by atoms with E-state index in [0.29, 0.717) is 12.6 Å². The second kappa shape index (κ2) is 11.7. The van der Waals surface area contributed by atoms with Crippen molar-refractivity contribution in [2.45, 2.75) is 25.4 Å². The first-order valence-corrected chi connectivity index (χ1v) is 8.78. The lowest BCUT2D eigenvalue weighted by Gasteiger charge is -2.34. The molecule has 0 saturated carbocycles. The van der Waals surface area contributed by atoms with E-state index in [-0.39, 0.29) is 30.7 Å². The maximum atomic E-state index is 12.2. The molecule has 1 atom stereocenters. The van der Waals surface area contributed by atoms with E-state index >= 15 is 0 Å². The summed E-state index contributed by atoms with van der Waals surface area (Å²) < 4.78 is 0. The van der Waals surface area contributed by atoms with E-state index in [1.807, 2.05) is 0 Å². The van der Waals surface area contributed by atoms with Crippen LogP contribution in [-0.2, 0) is 11.3 Å². The van der Waals surface area contributed by atoms with Crippen LogP contribution in [0.2, 0.25) is 0 Å². The third kappa shape index (κ3) is 7.50. The van der Waals surface area contributed by atoms with Gasteiger partial charge in [-0.05, 0) is 24.9 Å². The molecule has 25 heavy (non-hydrogen) atoms. The van der Waals surface area contributed by atoms with Gasteiger partial charge in [-0.25, -0.2) is 0 Å². The van der Waals surface area contributed by atoms with E-state index in [1.165, 1.54) is 5.56 Å². The minimum atomic E-state index is 0. The molecular weight excluding hydrogens is 359 g/mol. The highest BCUT2D eigenvalue weighted by molar-refractivity contribution is 5.85. The van der Waals surface area contributed by atoms with Crippen molar-refractivity contribution in [3.63, 3.8) is 0 Å². The van der Waals surface area contributed by atoms with Crippen LogP contribution in [0.25, 0.3) is 0 Å². The van der Waals surface area contributed by atoms with Crippen LogP contribution < -0.4 is 10.6 Å². The summed E-state index contributed by atoms with van der Waals surface area (Å²) in [5.74, 6) is 0.176. The first-order valence-electron chi connectivity index (χ1n) is 8.78. The molecule has 0 spiro atoms. The number of nitrogens with zero attached hydrogens (tertiary/aromatic N) is 2. The topological polar surface area (TPSA) is 47.6 Å². The molecule has 1 unspecified atom stereocenters. The van der Waals surface area contributed by atoms with Gasteiger partial charge in [0, 0.05) is 45.3 Å². The third-order valence-electron chi connectivity index (χ3n) is 4.74. The van der Waals surface area contributed by atoms with Crippen molar-refractivity contribution in [2.24, 2.45) is 0 Å². The zero-order valence-electron chi connectivity index (χ0n) is 14.7. The summed E-state index contributed by atoms with van der Waals surface area (Å²) in [6.07, 6.45) is 2.26. The number of halogens is 2. The summed E-state index contributed by atoms with van der Waals surface area (Å²) in [7, 11) is 0. The molecule has 1 amide bonds. The van der Waals surface area contributed by atoms with Gasteiger partial charge < -0.3 is 10.6 Å². The monoisotopic (exact) mass is 388 g/mol. The van der Waals surface area contributed by atoms with E-state index in [4.69, 9.17) is 0 Å². The second-order valence-electron chi connectivity index (χ2n) is 6.65. The van der Waals surface area contributed by atoms with Crippen LogP contribution in [0.5, 0.6) is 0 Å². The number of piperidine rings is 1. The molecule has 142 valence electrons. The highest BCUT2D eigenvalue weighted by Gasteiger charge is 2.21. The molecule has 1 aromatic carbocycles. The lowest BCUT2D eigenvalue weighted by atomic mass is 10.1. The molecule has 0 bridgehead atoms. The standard InChI is InChI=1S/C18H28N4O.2ClH/c23-18(20-17-7-4-8-19-13-17)15-22-11-9-21(10-12-22)14-16-5-2-1-3-6-16;;/h1-3,5-6,17,19H,4,7-15H2,(H,20,23);2*1H. The van der Waals surface area contributed by atoms with Crippen molar-refractivity contribution >= 4 is 30.7 Å². The van der Waals surface area contributed by atoms with Gasteiger partial charge >= 0.3 is 0 Å². The van der Waals surface area contributed by atoms with Gasteiger partial charge in [-0.2, -0.15) is 0 Å². The normalized spacial score (nSPS) is 21.7. The predicted molar refractivity (Wildman–Crippen MR) is 107 cm³/mol. The molecule has 5 nitrogen and oxygen atoms in total. The van der Waals surface area contributed by atoms with Crippen molar-refractivity contribution in [1.82, 2.24) is 20.4 Å². The highest BCUT2D eigenvalue weighted by Crippen LogP contribution is 2.08. The Bertz CT molecular complexity index is 489. The summed E-state index contributed by atoms with van der Waals surface area (Å²) in [5, 5.41) is 6.50. The van der Waals surface area contributed by atoms with E-state index in [0.717, 1.165) is 58.7 Å². The van der Waals surface area contributed by atoms with Crippen molar-refractivity contribution in [3.8, 4) is 0 Å². The van der Waals surface area contributed by atoms with Crippen LogP contribution in [0.4, 0.5) is 0 Å². The van der Waals surface area contributed by atoms with Crippen LogP contribution in [0.3, 0.4) is 0 Å². The van der Waals surface area contributed by atoms with Gasteiger partial charge in [0.25, 0.3) is 0 Å². The van der Waals surface area contributed by atoms with Crippen molar-refractivity contribution in [3.05, 3.63) is 35.9 Å². The van der Waals surface area contributed by atoms with Gasteiger partial charge in [0.15, 0.2) is 0 Å². The van der Waals surface area contributed by atoms with E-state index in [1.54, 1.807) is 0 Å². The fourth-order valence-electron chi connectivity index (χ4n) is 3.40. The average Bonchev–Trinajstić information content (AvgIpc) is 2.58. The van der Waals surface area contributed by atoms with Crippen molar-refractivity contribution < 1.29 is 4.79 Å². The summed E-state index contributed by atoms with van der Waals surface area (Å²) in [6, 6.07) is 10.9. The number of rotatable bonds is 5. The van der Waals surface area contributed by atoms with Crippen molar-refractivity contribution in [2.75, 3.05) is 45.8 Å². The maximum Gasteiger partial charge on any atom is 0.234 e. The van der Waals surface area contributed by atoms with E-state index in [2.05, 4.69) is 50.8 Å². The molecule has 7 heteroatoms. The zero-order valence-corrected chi connectivity index (χ0v) is 16.3. The van der Waals surface area contributed by atoms with Crippen LogP contribution >= 0.6 is 24.8 Å². The number of hydrogen-bond donors (Lipinski definition) is 2. The van der Waals surface area contributed by atoms with Gasteiger partial charge in [-0.3, -0.25) is 14.6 Å². The fourth-order valence-corrected chi connectivity index (χ4v) is 3.40. The van der Waals surface area contributed by atoms with Gasteiger partial charge in [0.05, 0.1) is 6.54 Å². The summed E-state index contributed by atoms with van der Waals surface area (Å²) in [6.45, 7) is 7.56. The van der Waals surface area contributed by atoms with Crippen LogP contribution in [-0.4, -0.2) is 67.6 Å². The Balaban J connectivity index is 0.00000156. The Labute approximate surface area is 163 Å². The molecule has 0 aromatic heterocycles. The van der Waals surface area contributed by atoms with Crippen LogP contribution in [0, 0.1) is 0 Å². The second-order valence-corrected chi connectivity index (χ2v) is 6.65.